The number of rotatable bonds is 4. The highest BCUT2D eigenvalue weighted by Crippen LogP contribution is 2.30. The molecule has 0 saturated heterocycles. The van der Waals surface area contributed by atoms with Crippen molar-refractivity contribution >= 4 is 11.0 Å². The third kappa shape index (κ3) is 3.51. The molecule has 6 rings (SSSR count). The summed E-state index contributed by atoms with van der Waals surface area (Å²) in [6.07, 6.45) is 3.53. The average Bonchev–Trinajstić information content (AvgIpc) is 3.30. The van der Waals surface area contributed by atoms with Gasteiger partial charge >= 0.3 is 0 Å². The molecule has 4 heteroatoms. The number of nitrogens with zero attached hydrogens (tertiary/aromatic N) is 3. The van der Waals surface area contributed by atoms with E-state index in [-0.39, 0.29) is 5.75 Å². The third-order valence-electron chi connectivity index (χ3n) is 5.91. The summed E-state index contributed by atoms with van der Waals surface area (Å²) in [6, 6.07) is 40.0. The van der Waals surface area contributed by atoms with Crippen LogP contribution in [-0.4, -0.2) is 14.7 Å². The zero-order chi connectivity index (χ0) is 22.9. The first-order chi connectivity index (χ1) is 16.8. The predicted octanol–water partition coefficient (Wildman–Crippen LogP) is 6.14. The fraction of sp³-hybridized carbons (Fsp3) is 0. The number of fused-ring (bicyclic) bond motifs is 1. The van der Waals surface area contributed by atoms with Crippen molar-refractivity contribution in [1.29, 1.82) is 0 Å². The fourth-order valence-corrected chi connectivity index (χ4v) is 4.26. The fourth-order valence-electron chi connectivity index (χ4n) is 4.26. The van der Waals surface area contributed by atoms with Crippen LogP contribution >= 0.6 is 0 Å². The van der Waals surface area contributed by atoms with Crippen LogP contribution in [0.1, 0.15) is 0 Å². The van der Waals surface area contributed by atoms with Gasteiger partial charge in [-0.1, -0.05) is 72.8 Å². The van der Waals surface area contributed by atoms with Crippen LogP contribution in [0.25, 0.3) is 44.9 Å². The molecule has 34 heavy (non-hydrogen) atoms. The smallest absolute Gasteiger partial charge is 0.269 e. The first kappa shape index (κ1) is 19.9. The molecule has 162 valence electrons. The average molecular weight is 440 g/mol. The third-order valence-corrected chi connectivity index (χ3v) is 5.91. The minimum absolute atomic E-state index is 0.222. The summed E-state index contributed by atoms with van der Waals surface area (Å²) in [7, 11) is 0. The Morgan fingerprint density at radius 2 is 1.41 bits per heavy atom. The molecule has 1 N–H and O–H groups in total. The molecule has 4 aromatic carbocycles. The Labute approximate surface area is 197 Å². The number of pyridine rings is 1. The Hall–Kier alpha value is -4.70. The van der Waals surface area contributed by atoms with Gasteiger partial charge in [-0.3, -0.25) is 9.13 Å². The van der Waals surface area contributed by atoms with E-state index in [1.54, 1.807) is 6.07 Å². The van der Waals surface area contributed by atoms with Crippen LogP contribution in [-0.2, 0) is 0 Å². The quantitative estimate of drug-likeness (QED) is 0.265. The van der Waals surface area contributed by atoms with E-state index >= 15 is 0 Å². The molecule has 4 nitrogen and oxygen atoms in total. The summed E-state index contributed by atoms with van der Waals surface area (Å²) in [5.41, 5.74) is 7.50. The van der Waals surface area contributed by atoms with Crippen molar-refractivity contribution in [3.05, 3.63) is 128 Å². The molecular formula is C30H21N3O. The van der Waals surface area contributed by atoms with Gasteiger partial charge in [0.25, 0.3) is 6.33 Å². The second kappa shape index (κ2) is 8.34. The van der Waals surface area contributed by atoms with E-state index in [2.05, 4.69) is 57.9 Å². The lowest BCUT2D eigenvalue weighted by Gasteiger charge is -2.09. The Morgan fingerprint density at radius 1 is 0.676 bits per heavy atom. The summed E-state index contributed by atoms with van der Waals surface area (Å²) in [4.78, 5) is 4.84. The standard InChI is InChI=1S/C30H21N3O/c34-30-19-7-4-14-25(30)27-16-9-15-26(31-27)22-10-8-13-24(20-22)33-21-32(23-11-2-1-3-12-23)28-17-5-6-18-29(28)33/h1-20,34H. The number of aromatic hydroxyl groups is 1. The van der Waals surface area contributed by atoms with Crippen LogP contribution in [0.4, 0.5) is 0 Å². The molecule has 0 saturated carbocycles. The molecule has 0 amide bonds. The lowest BCUT2D eigenvalue weighted by atomic mass is 10.1. The SMILES string of the molecule is Oc1ccccc1-c1cccc(-c2cccc(-n3[c-][n+](-c4ccccc4)c4ccccc43)c2)n1. The van der Waals surface area contributed by atoms with Crippen molar-refractivity contribution in [3.63, 3.8) is 0 Å². The lowest BCUT2D eigenvalue weighted by molar-refractivity contribution is -0.572. The van der Waals surface area contributed by atoms with Gasteiger partial charge in [-0.25, -0.2) is 4.98 Å². The normalized spacial score (nSPS) is 11.1. The maximum Gasteiger partial charge on any atom is 0.269 e. The van der Waals surface area contributed by atoms with Gasteiger partial charge in [0, 0.05) is 5.56 Å². The van der Waals surface area contributed by atoms with Crippen molar-refractivity contribution in [2.45, 2.75) is 0 Å². The van der Waals surface area contributed by atoms with Gasteiger partial charge in [-0.2, -0.15) is 0 Å². The van der Waals surface area contributed by atoms with Gasteiger partial charge in [-0.15, -0.1) is 0 Å². The van der Waals surface area contributed by atoms with Crippen molar-refractivity contribution in [2.24, 2.45) is 0 Å². The Balaban J connectivity index is 1.46. The van der Waals surface area contributed by atoms with Crippen LogP contribution in [0, 0.1) is 6.33 Å². The summed E-state index contributed by atoms with van der Waals surface area (Å²) < 4.78 is 4.16. The molecule has 0 aliphatic carbocycles. The van der Waals surface area contributed by atoms with Gasteiger partial charge in [0.05, 0.1) is 33.8 Å². The van der Waals surface area contributed by atoms with Crippen LogP contribution in [0.3, 0.4) is 0 Å². The van der Waals surface area contributed by atoms with Gasteiger partial charge < -0.3 is 5.11 Å². The number of para-hydroxylation sites is 4. The number of aromatic nitrogens is 3. The van der Waals surface area contributed by atoms with E-state index in [0.29, 0.717) is 5.56 Å². The van der Waals surface area contributed by atoms with E-state index in [0.717, 1.165) is 39.4 Å². The molecule has 0 aliphatic rings. The van der Waals surface area contributed by atoms with E-state index in [4.69, 9.17) is 4.98 Å². The topological polar surface area (TPSA) is 41.9 Å². The number of hydrogen-bond acceptors (Lipinski definition) is 2. The number of imidazole rings is 1. The number of phenols is 1. The van der Waals surface area contributed by atoms with Crippen molar-refractivity contribution in [3.8, 4) is 39.6 Å². The molecule has 0 radical (unpaired) electrons. The number of benzene rings is 4. The minimum Gasteiger partial charge on any atom is -0.507 e. The molecule has 6 aromatic rings. The molecular weight excluding hydrogens is 418 g/mol. The van der Waals surface area contributed by atoms with Crippen molar-refractivity contribution < 1.29 is 9.67 Å². The predicted molar refractivity (Wildman–Crippen MR) is 134 cm³/mol. The number of hydrogen-bond donors (Lipinski definition) is 1. The first-order valence-electron chi connectivity index (χ1n) is 11.1. The van der Waals surface area contributed by atoms with E-state index in [1.165, 1.54) is 0 Å². The molecule has 0 spiro atoms. The first-order valence-corrected chi connectivity index (χ1v) is 11.1. The minimum atomic E-state index is 0.222. The van der Waals surface area contributed by atoms with E-state index in [9.17, 15) is 5.11 Å². The van der Waals surface area contributed by atoms with Gasteiger partial charge in [0.15, 0.2) is 0 Å². The van der Waals surface area contributed by atoms with Gasteiger partial charge in [-0.05, 0) is 54.1 Å². The van der Waals surface area contributed by atoms with E-state index < -0.39 is 0 Å². The zero-order valence-corrected chi connectivity index (χ0v) is 18.3. The second-order valence-corrected chi connectivity index (χ2v) is 8.07. The summed E-state index contributed by atoms with van der Waals surface area (Å²) >= 11 is 0. The second-order valence-electron chi connectivity index (χ2n) is 8.07. The van der Waals surface area contributed by atoms with Gasteiger partial charge in [0.2, 0.25) is 0 Å². The highest BCUT2D eigenvalue weighted by Gasteiger charge is 2.13. The van der Waals surface area contributed by atoms with Crippen LogP contribution in [0.15, 0.2) is 121 Å². The van der Waals surface area contributed by atoms with Crippen molar-refractivity contribution in [2.75, 3.05) is 0 Å². The molecule has 2 heterocycles. The highest BCUT2D eigenvalue weighted by atomic mass is 16.3. The largest absolute Gasteiger partial charge is 0.507 e. The molecule has 0 unspecified atom stereocenters. The Kier molecular flexibility index (Phi) is 4.89. The molecule has 0 atom stereocenters. The van der Waals surface area contributed by atoms with E-state index in [1.807, 2.05) is 72.8 Å². The Morgan fingerprint density at radius 3 is 2.29 bits per heavy atom. The summed E-state index contributed by atoms with van der Waals surface area (Å²) in [6.45, 7) is 0. The monoisotopic (exact) mass is 439 g/mol. The maximum atomic E-state index is 10.3. The summed E-state index contributed by atoms with van der Waals surface area (Å²) in [5.74, 6) is 0.222. The molecule has 0 aliphatic heterocycles. The Bertz CT molecular complexity index is 1620. The van der Waals surface area contributed by atoms with Crippen LogP contribution < -0.4 is 4.57 Å². The highest BCUT2D eigenvalue weighted by molar-refractivity contribution is 5.76. The molecule has 2 aromatic heterocycles. The zero-order valence-electron chi connectivity index (χ0n) is 18.3. The maximum absolute atomic E-state index is 10.3. The number of phenolic OH excluding ortho intramolecular Hbond substituents is 1. The van der Waals surface area contributed by atoms with Crippen molar-refractivity contribution in [1.82, 2.24) is 9.55 Å². The molecule has 0 fully saturated rings. The molecule has 0 bridgehead atoms. The van der Waals surface area contributed by atoms with Gasteiger partial charge in [0.1, 0.15) is 5.75 Å². The summed E-state index contributed by atoms with van der Waals surface area (Å²) in [5, 5.41) is 10.3. The lowest BCUT2D eigenvalue weighted by Crippen LogP contribution is -2.29. The van der Waals surface area contributed by atoms with Crippen LogP contribution in [0.2, 0.25) is 0 Å². The van der Waals surface area contributed by atoms with Crippen LogP contribution in [0.5, 0.6) is 5.75 Å².